The van der Waals surface area contributed by atoms with Gasteiger partial charge < -0.3 is 38.8 Å². The molecule has 348 valence electrons. The molecule has 0 unspecified atom stereocenters. The second kappa shape index (κ2) is 20.9. The van der Waals surface area contributed by atoms with Crippen LogP contribution in [0, 0.1) is 3.70 Å². The van der Waals surface area contributed by atoms with E-state index in [9.17, 15) is 19.2 Å². The SMILES string of the molecule is COc1ccc(-n2c(-c3ccccc3)c3n(c2=O)CCN(C(=O)OC(C)(C)C)C3)cc1.COc1ccc(-n2c(I)c3n(c2=O)CCN(C(=O)OC(C)(C)C)C3)cc1.OB(O)c1ccccc1. The summed E-state index contributed by atoms with van der Waals surface area (Å²) in [7, 11) is 1.87. The first kappa shape index (κ1) is 49.2. The molecule has 8 rings (SSSR count). The fourth-order valence-electron chi connectivity index (χ4n) is 7.29. The Bertz CT molecular complexity index is 2720. The van der Waals surface area contributed by atoms with E-state index in [2.05, 4.69) is 22.6 Å². The van der Waals surface area contributed by atoms with Gasteiger partial charge in [0, 0.05) is 31.7 Å². The molecule has 6 aromatic rings. The normalized spacial score (nSPS) is 13.2. The lowest BCUT2D eigenvalue weighted by molar-refractivity contribution is 0.0188. The molecule has 2 aromatic heterocycles. The van der Waals surface area contributed by atoms with E-state index in [1.54, 1.807) is 66.6 Å². The molecule has 0 aliphatic carbocycles. The molecule has 2 aliphatic rings. The molecule has 18 heteroatoms. The van der Waals surface area contributed by atoms with Crippen molar-refractivity contribution in [3.63, 3.8) is 0 Å². The predicted octanol–water partition coefficient (Wildman–Crippen LogP) is 6.43. The van der Waals surface area contributed by atoms with Gasteiger partial charge in [-0.05, 0) is 118 Å². The Morgan fingerprint density at radius 2 is 0.985 bits per heavy atom. The number of hydrogen-bond donors (Lipinski definition) is 2. The first-order valence-corrected chi connectivity index (χ1v) is 22.4. The number of amides is 2. The lowest BCUT2D eigenvalue weighted by Gasteiger charge is -2.30. The summed E-state index contributed by atoms with van der Waals surface area (Å²) in [6.07, 6.45) is -0.730. The number of ether oxygens (including phenoxy) is 4. The van der Waals surface area contributed by atoms with Gasteiger partial charge in [0.1, 0.15) is 26.4 Å². The van der Waals surface area contributed by atoms with Gasteiger partial charge in [0.15, 0.2) is 0 Å². The zero-order chi connectivity index (χ0) is 47.9. The van der Waals surface area contributed by atoms with Crippen LogP contribution >= 0.6 is 22.6 Å². The smallest absolute Gasteiger partial charge is 0.488 e. The zero-order valence-corrected chi connectivity index (χ0v) is 40.6. The molecule has 0 atom stereocenters. The number of fused-ring (bicyclic) bond motifs is 2. The summed E-state index contributed by atoms with van der Waals surface area (Å²) in [5, 5.41) is 17.2. The minimum atomic E-state index is -1.34. The van der Waals surface area contributed by atoms with Gasteiger partial charge in [0.25, 0.3) is 0 Å². The van der Waals surface area contributed by atoms with Crippen molar-refractivity contribution in [3.05, 3.63) is 145 Å². The van der Waals surface area contributed by atoms with Crippen LogP contribution in [0.25, 0.3) is 22.6 Å². The van der Waals surface area contributed by atoms with Crippen LogP contribution in [0.15, 0.2) is 119 Å². The second-order valence-electron chi connectivity index (χ2n) is 17.4. The lowest BCUT2D eigenvalue weighted by atomic mass is 9.81. The van der Waals surface area contributed by atoms with E-state index in [4.69, 9.17) is 29.0 Å². The Labute approximate surface area is 397 Å². The zero-order valence-electron chi connectivity index (χ0n) is 38.4. The van der Waals surface area contributed by atoms with E-state index in [0.717, 1.165) is 49.2 Å². The largest absolute Gasteiger partial charge is 0.497 e. The van der Waals surface area contributed by atoms with Crippen LogP contribution in [0.4, 0.5) is 9.59 Å². The van der Waals surface area contributed by atoms with Crippen LogP contribution < -0.4 is 26.3 Å². The summed E-state index contributed by atoms with van der Waals surface area (Å²) in [5.41, 5.74) is 4.01. The van der Waals surface area contributed by atoms with Crippen LogP contribution in [0.1, 0.15) is 52.9 Å². The molecule has 0 spiro atoms. The van der Waals surface area contributed by atoms with Gasteiger partial charge >= 0.3 is 30.7 Å². The number of methoxy groups -OCH3 is 2. The molecule has 0 saturated carbocycles. The second-order valence-corrected chi connectivity index (χ2v) is 18.4. The van der Waals surface area contributed by atoms with Gasteiger partial charge in [-0.2, -0.15) is 0 Å². The molecule has 2 N–H and O–H groups in total. The molecule has 0 radical (unpaired) electrons. The third-order valence-electron chi connectivity index (χ3n) is 10.4. The summed E-state index contributed by atoms with van der Waals surface area (Å²) in [6.45, 7) is 13.5. The molecule has 4 heterocycles. The Morgan fingerprint density at radius 1 is 0.576 bits per heavy atom. The van der Waals surface area contributed by atoms with Crippen molar-refractivity contribution in [2.45, 2.75) is 78.9 Å². The van der Waals surface area contributed by atoms with Gasteiger partial charge in [-0.1, -0.05) is 60.7 Å². The molecule has 0 fully saturated rings. The molecular weight excluding hydrogens is 958 g/mol. The number of nitrogens with zero attached hydrogens (tertiary/aromatic N) is 6. The highest BCUT2D eigenvalue weighted by Crippen LogP contribution is 2.30. The number of carbonyl (C=O) groups excluding carboxylic acids is 2. The summed E-state index contributed by atoms with van der Waals surface area (Å²) in [6, 6.07) is 33.2. The minimum Gasteiger partial charge on any atom is -0.497 e. The maximum absolute atomic E-state index is 13.4. The standard InChI is InChI=1S/C24H27N3O4.C18H22IN3O4.C6H7BO2/c1-24(2,3)31-23(29)25-14-15-26-20(16-25)21(17-8-6-5-7-9-17)27(22(26)28)18-10-12-19(30-4)13-11-18;1-18(2,3)26-17(24)20-9-10-21-14(11-20)15(19)22(16(21)23)12-5-7-13(25-4)8-6-12;8-7(9)6-4-2-1-3-5-6/h5-13H,14-16H2,1-4H3;5-8H,9-11H2,1-4H3;1-5,8-9H. The maximum Gasteiger partial charge on any atom is 0.488 e. The average Bonchev–Trinajstić information content (AvgIpc) is 3.73. The van der Waals surface area contributed by atoms with Crippen molar-refractivity contribution < 1.29 is 38.6 Å². The number of benzene rings is 4. The van der Waals surface area contributed by atoms with Crippen LogP contribution in [0.5, 0.6) is 11.5 Å². The fraction of sp³-hybridized carbons (Fsp3) is 0.333. The van der Waals surface area contributed by atoms with Crippen molar-refractivity contribution >= 4 is 47.4 Å². The Morgan fingerprint density at radius 3 is 1.41 bits per heavy atom. The monoisotopic (exact) mass is 1010 g/mol. The number of imidazole rings is 2. The molecular formula is C48H56BIN6O10. The highest BCUT2D eigenvalue weighted by atomic mass is 127. The summed E-state index contributed by atoms with van der Waals surface area (Å²) >= 11 is 2.16. The molecule has 0 saturated heterocycles. The quantitative estimate of drug-likeness (QED) is 0.140. The summed E-state index contributed by atoms with van der Waals surface area (Å²) in [4.78, 5) is 54.6. The number of aromatic nitrogens is 4. The number of rotatable bonds is 6. The molecule has 2 amide bonds. The summed E-state index contributed by atoms with van der Waals surface area (Å²) < 4.78 is 29.1. The van der Waals surface area contributed by atoms with Crippen molar-refractivity contribution in [2.75, 3.05) is 27.3 Å². The van der Waals surface area contributed by atoms with E-state index in [1.165, 1.54) is 0 Å². The van der Waals surface area contributed by atoms with E-state index in [1.807, 2.05) is 126 Å². The molecule has 16 nitrogen and oxygen atoms in total. The Balaban J connectivity index is 0.000000186. The number of carbonyl (C=O) groups is 2. The van der Waals surface area contributed by atoms with Crippen molar-refractivity contribution in [3.8, 4) is 34.1 Å². The predicted molar refractivity (Wildman–Crippen MR) is 261 cm³/mol. The first-order valence-electron chi connectivity index (χ1n) is 21.4. The van der Waals surface area contributed by atoms with Crippen molar-refractivity contribution in [2.24, 2.45) is 0 Å². The third-order valence-corrected chi connectivity index (χ3v) is 11.5. The Kier molecular flexibility index (Phi) is 15.6. The summed E-state index contributed by atoms with van der Waals surface area (Å²) in [5.74, 6) is 1.45. The topological polar surface area (TPSA) is 172 Å². The Hall–Kier alpha value is -6.25. The van der Waals surface area contributed by atoms with Crippen LogP contribution in [-0.4, -0.2) is 95.9 Å². The van der Waals surface area contributed by atoms with E-state index in [-0.39, 0.29) is 23.6 Å². The van der Waals surface area contributed by atoms with Gasteiger partial charge in [0.2, 0.25) is 0 Å². The molecule has 4 aromatic carbocycles. The molecule has 0 bridgehead atoms. The van der Waals surface area contributed by atoms with Crippen LogP contribution in [0.3, 0.4) is 0 Å². The molecule has 66 heavy (non-hydrogen) atoms. The van der Waals surface area contributed by atoms with Gasteiger partial charge in [-0.25, -0.2) is 19.2 Å². The van der Waals surface area contributed by atoms with E-state index < -0.39 is 18.3 Å². The van der Waals surface area contributed by atoms with Gasteiger partial charge in [-0.3, -0.25) is 18.3 Å². The van der Waals surface area contributed by atoms with E-state index in [0.29, 0.717) is 44.7 Å². The number of hydrogen-bond acceptors (Lipinski definition) is 10. The van der Waals surface area contributed by atoms with E-state index >= 15 is 0 Å². The van der Waals surface area contributed by atoms with Crippen LogP contribution in [-0.2, 0) is 35.7 Å². The molecule has 2 aliphatic heterocycles. The van der Waals surface area contributed by atoms with Gasteiger partial charge in [0.05, 0.1) is 55.8 Å². The van der Waals surface area contributed by atoms with Crippen molar-refractivity contribution in [1.29, 1.82) is 0 Å². The highest BCUT2D eigenvalue weighted by molar-refractivity contribution is 14.1. The minimum absolute atomic E-state index is 0.0987. The lowest BCUT2D eigenvalue weighted by Crippen LogP contribution is -2.43. The number of halogens is 1. The first-order chi connectivity index (χ1) is 31.3. The van der Waals surface area contributed by atoms with Crippen molar-refractivity contribution in [1.82, 2.24) is 28.1 Å². The van der Waals surface area contributed by atoms with Crippen LogP contribution in [0.2, 0.25) is 0 Å². The fourth-order valence-corrected chi connectivity index (χ4v) is 8.24. The third kappa shape index (κ3) is 11.8. The van der Waals surface area contributed by atoms with Gasteiger partial charge in [-0.15, -0.1) is 0 Å². The highest BCUT2D eigenvalue weighted by Gasteiger charge is 2.32. The average molecular weight is 1010 g/mol. The maximum atomic E-state index is 13.4.